The van der Waals surface area contributed by atoms with Crippen LogP contribution < -0.4 is 0 Å². The highest BCUT2D eigenvalue weighted by molar-refractivity contribution is 6.15. The summed E-state index contributed by atoms with van der Waals surface area (Å²) in [5.74, 6) is 1.39. The molecule has 0 N–H and O–H groups in total. The van der Waals surface area contributed by atoms with Crippen molar-refractivity contribution in [2.45, 2.75) is 44.1 Å². The molecule has 0 bridgehead atoms. The van der Waals surface area contributed by atoms with Gasteiger partial charge in [0, 0.05) is 42.4 Å². The number of amidine groups is 1. The van der Waals surface area contributed by atoms with Gasteiger partial charge in [0.25, 0.3) is 5.91 Å². The van der Waals surface area contributed by atoms with Gasteiger partial charge in [0.1, 0.15) is 11.4 Å². The maximum absolute atomic E-state index is 13.8. The molecule has 1 aromatic heterocycles. The molecule has 4 aliphatic rings. The van der Waals surface area contributed by atoms with Gasteiger partial charge in [0.15, 0.2) is 0 Å². The normalized spacial score (nSPS) is 21.4. The zero-order valence-electron chi connectivity index (χ0n) is 21.0. The van der Waals surface area contributed by atoms with Crippen LogP contribution in [0.15, 0.2) is 65.9 Å². The minimum absolute atomic E-state index is 0.123. The Kier molecular flexibility index (Phi) is 5.36. The molecule has 3 heterocycles. The molecule has 3 fully saturated rings. The molecule has 7 nitrogen and oxygen atoms in total. The standard InChI is InChI=1S/C30H31N5O2/c36-28(23-10-11-23)34-17-16-33(19-34)20-35-27(32-30(29(35)37)13-1-2-14-30)22-8-6-21(7-9-22)25-5-3-4-24-18-31-15-12-26(24)25/h3-9,12,15,18,23H,1-2,10-11,13-14,16-17,19-20H2. The Labute approximate surface area is 216 Å². The zero-order valence-corrected chi connectivity index (χ0v) is 21.0. The van der Waals surface area contributed by atoms with E-state index in [-0.39, 0.29) is 17.7 Å². The van der Waals surface area contributed by atoms with Crippen LogP contribution in [0.4, 0.5) is 0 Å². The lowest BCUT2D eigenvalue weighted by Gasteiger charge is -2.27. The molecule has 0 radical (unpaired) electrons. The lowest BCUT2D eigenvalue weighted by atomic mass is 9.98. The summed E-state index contributed by atoms with van der Waals surface area (Å²) >= 11 is 0. The van der Waals surface area contributed by atoms with Gasteiger partial charge in [-0.3, -0.25) is 29.4 Å². The van der Waals surface area contributed by atoms with Crippen LogP contribution in [-0.2, 0) is 9.59 Å². The van der Waals surface area contributed by atoms with Crippen molar-refractivity contribution in [3.63, 3.8) is 0 Å². The third-order valence-electron chi connectivity index (χ3n) is 8.42. The van der Waals surface area contributed by atoms with Crippen LogP contribution in [0.1, 0.15) is 44.1 Å². The quantitative estimate of drug-likeness (QED) is 0.532. The smallest absolute Gasteiger partial charge is 0.257 e. The minimum atomic E-state index is -0.611. The number of aromatic nitrogens is 1. The monoisotopic (exact) mass is 493 g/mol. The number of fused-ring (bicyclic) bond motifs is 1. The summed E-state index contributed by atoms with van der Waals surface area (Å²) in [5, 5.41) is 2.29. The minimum Gasteiger partial charge on any atom is -0.328 e. The molecule has 0 atom stereocenters. The Morgan fingerprint density at radius 1 is 0.973 bits per heavy atom. The number of rotatable bonds is 5. The number of hydrogen-bond donors (Lipinski definition) is 0. The van der Waals surface area contributed by atoms with Gasteiger partial charge in [-0.05, 0) is 48.3 Å². The van der Waals surface area contributed by atoms with E-state index in [4.69, 9.17) is 4.99 Å². The van der Waals surface area contributed by atoms with E-state index < -0.39 is 5.54 Å². The van der Waals surface area contributed by atoms with Crippen LogP contribution in [0.2, 0.25) is 0 Å². The Bertz CT molecular complexity index is 1400. The van der Waals surface area contributed by atoms with Crippen LogP contribution in [-0.4, -0.2) is 69.3 Å². The highest BCUT2D eigenvalue weighted by Crippen LogP contribution is 2.40. The van der Waals surface area contributed by atoms with Crippen molar-refractivity contribution in [1.29, 1.82) is 0 Å². The van der Waals surface area contributed by atoms with E-state index in [1.807, 2.05) is 22.2 Å². The SMILES string of the molecule is O=C(C1CC1)N1CCN(CN2C(=O)C3(CCCC3)N=C2c2ccc(-c3cccc4cnccc34)cc2)C1. The predicted octanol–water partition coefficient (Wildman–Crippen LogP) is 4.27. The van der Waals surface area contributed by atoms with Gasteiger partial charge in [-0.2, -0.15) is 0 Å². The molecule has 2 aliphatic carbocycles. The third kappa shape index (κ3) is 3.93. The van der Waals surface area contributed by atoms with Gasteiger partial charge in [-0.15, -0.1) is 0 Å². The van der Waals surface area contributed by atoms with Gasteiger partial charge in [0.2, 0.25) is 5.91 Å². The number of benzene rings is 2. The maximum atomic E-state index is 13.8. The average molecular weight is 494 g/mol. The first kappa shape index (κ1) is 22.6. The molecule has 0 unspecified atom stereocenters. The molecular weight excluding hydrogens is 462 g/mol. The summed E-state index contributed by atoms with van der Waals surface area (Å²) in [4.78, 5) is 41.7. The highest BCUT2D eigenvalue weighted by atomic mass is 16.2. The van der Waals surface area contributed by atoms with Crippen molar-refractivity contribution in [3.8, 4) is 11.1 Å². The summed E-state index contributed by atoms with van der Waals surface area (Å²) < 4.78 is 0. The largest absolute Gasteiger partial charge is 0.328 e. The number of carbonyl (C=O) groups is 2. The number of aliphatic imine (C=N–C) groups is 1. The number of amides is 2. The van der Waals surface area contributed by atoms with Crippen molar-refractivity contribution in [3.05, 3.63) is 66.5 Å². The molecule has 2 aliphatic heterocycles. The van der Waals surface area contributed by atoms with Crippen molar-refractivity contribution in [2.24, 2.45) is 10.9 Å². The highest BCUT2D eigenvalue weighted by Gasteiger charge is 2.50. The summed E-state index contributed by atoms with van der Waals surface area (Å²) in [7, 11) is 0. The van der Waals surface area contributed by atoms with Gasteiger partial charge in [-0.1, -0.05) is 55.3 Å². The molecule has 7 rings (SSSR count). The van der Waals surface area contributed by atoms with Gasteiger partial charge < -0.3 is 4.90 Å². The third-order valence-corrected chi connectivity index (χ3v) is 8.42. The summed E-state index contributed by atoms with van der Waals surface area (Å²) in [6.07, 6.45) is 9.48. The predicted molar refractivity (Wildman–Crippen MR) is 143 cm³/mol. The van der Waals surface area contributed by atoms with Crippen LogP contribution in [0.25, 0.3) is 21.9 Å². The van der Waals surface area contributed by atoms with Crippen LogP contribution in [0.5, 0.6) is 0 Å². The molecule has 2 amide bonds. The van der Waals surface area contributed by atoms with Crippen molar-refractivity contribution >= 4 is 28.4 Å². The van der Waals surface area contributed by atoms with Crippen LogP contribution in [0.3, 0.4) is 0 Å². The first-order valence-corrected chi connectivity index (χ1v) is 13.5. The first-order valence-electron chi connectivity index (χ1n) is 13.5. The van der Waals surface area contributed by atoms with Gasteiger partial charge >= 0.3 is 0 Å². The Balaban J connectivity index is 1.17. The maximum Gasteiger partial charge on any atom is 0.257 e. The number of pyridine rings is 1. The first-order chi connectivity index (χ1) is 18.1. The molecule has 2 saturated carbocycles. The summed E-state index contributed by atoms with van der Waals surface area (Å²) in [5.41, 5.74) is 2.65. The van der Waals surface area contributed by atoms with Crippen LogP contribution >= 0.6 is 0 Å². The van der Waals surface area contributed by atoms with E-state index in [9.17, 15) is 9.59 Å². The molecule has 2 aromatic carbocycles. The van der Waals surface area contributed by atoms with Crippen LogP contribution in [0, 0.1) is 5.92 Å². The van der Waals surface area contributed by atoms with Gasteiger partial charge in [-0.25, -0.2) is 0 Å². The lowest BCUT2D eigenvalue weighted by molar-refractivity contribution is -0.133. The van der Waals surface area contributed by atoms with Gasteiger partial charge in [0.05, 0.1) is 13.3 Å². The fraction of sp³-hybridized carbons (Fsp3) is 0.400. The van der Waals surface area contributed by atoms with E-state index >= 15 is 0 Å². The van der Waals surface area contributed by atoms with E-state index in [2.05, 4.69) is 58.4 Å². The zero-order chi connectivity index (χ0) is 25.0. The van der Waals surface area contributed by atoms with Crippen molar-refractivity contribution in [2.75, 3.05) is 26.4 Å². The second-order valence-electron chi connectivity index (χ2n) is 10.9. The average Bonchev–Trinajstić information content (AvgIpc) is 3.39. The lowest BCUT2D eigenvalue weighted by Crippen LogP contribution is -2.47. The molecular formula is C30H31N5O2. The fourth-order valence-corrected chi connectivity index (χ4v) is 6.20. The Morgan fingerprint density at radius 2 is 1.76 bits per heavy atom. The fourth-order valence-electron chi connectivity index (χ4n) is 6.20. The molecule has 1 saturated heterocycles. The van der Waals surface area contributed by atoms with E-state index in [1.165, 1.54) is 5.39 Å². The number of carbonyl (C=O) groups excluding carboxylic acids is 2. The summed E-state index contributed by atoms with van der Waals surface area (Å²) in [6, 6.07) is 16.8. The van der Waals surface area contributed by atoms with Crippen molar-refractivity contribution in [1.82, 2.24) is 19.7 Å². The topological polar surface area (TPSA) is 69.1 Å². The summed E-state index contributed by atoms with van der Waals surface area (Å²) in [6.45, 7) is 2.60. The second-order valence-corrected chi connectivity index (χ2v) is 10.9. The van der Waals surface area contributed by atoms with Crippen molar-refractivity contribution < 1.29 is 9.59 Å². The molecule has 188 valence electrons. The van der Waals surface area contributed by atoms with E-state index in [0.29, 0.717) is 13.3 Å². The Hall–Kier alpha value is -3.58. The number of nitrogens with zero attached hydrogens (tertiary/aromatic N) is 5. The molecule has 3 aromatic rings. The second kappa shape index (κ2) is 8.77. The van der Waals surface area contributed by atoms with E-state index in [1.54, 1.807) is 0 Å². The molecule has 37 heavy (non-hydrogen) atoms. The number of hydrogen-bond acceptors (Lipinski definition) is 5. The van der Waals surface area contributed by atoms with E-state index in [0.717, 1.165) is 79.5 Å². The molecule has 7 heteroatoms. The Morgan fingerprint density at radius 3 is 2.54 bits per heavy atom. The molecule has 1 spiro atoms.